The van der Waals surface area contributed by atoms with E-state index in [-0.39, 0.29) is 17.6 Å². The van der Waals surface area contributed by atoms with Crippen molar-refractivity contribution in [1.29, 1.82) is 0 Å². The van der Waals surface area contributed by atoms with Crippen LogP contribution in [-0.4, -0.2) is 45.0 Å². The molecule has 0 amide bonds. The Morgan fingerprint density at radius 1 is 1.10 bits per heavy atom. The number of ether oxygens (including phenoxy) is 4. The van der Waals surface area contributed by atoms with E-state index in [2.05, 4.69) is 0 Å². The van der Waals surface area contributed by atoms with E-state index in [1.165, 1.54) is 0 Å². The van der Waals surface area contributed by atoms with Gasteiger partial charge in [-0.15, -0.1) is 11.6 Å². The number of halogens is 1. The molecular formula is C15H21ClO4. The van der Waals surface area contributed by atoms with Gasteiger partial charge >= 0.3 is 0 Å². The van der Waals surface area contributed by atoms with Crippen LogP contribution in [0.4, 0.5) is 0 Å². The van der Waals surface area contributed by atoms with Crippen LogP contribution >= 0.6 is 11.6 Å². The fraction of sp³-hybridized carbons (Fsp3) is 0.600. The molecule has 4 nitrogen and oxygen atoms in total. The lowest BCUT2D eigenvalue weighted by molar-refractivity contribution is -0.135. The van der Waals surface area contributed by atoms with Gasteiger partial charge in [-0.3, -0.25) is 0 Å². The molecule has 1 aliphatic carbocycles. The van der Waals surface area contributed by atoms with Gasteiger partial charge in [0.05, 0.1) is 38.4 Å². The van der Waals surface area contributed by atoms with Crippen molar-refractivity contribution >= 4 is 11.6 Å². The van der Waals surface area contributed by atoms with Crippen molar-refractivity contribution in [3.05, 3.63) is 29.8 Å². The molecule has 0 N–H and O–H groups in total. The summed E-state index contributed by atoms with van der Waals surface area (Å²) in [5, 5.41) is 0.0349. The summed E-state index contributed by atoms with van der Waals surface area (Å²) in [7, 11) is 3.31. The summed E-state index contributed by atoms with van der Waals surface area (Å²) in [6.07, 6.45) is 0.858. The van der Waals surface area contributed by atoms with Crippen LogP contribution in [0.15, 0.2) is 24.3 Å². The fourth-order valence-corrected chi connectivity index (χ4v) is 2.51. The summed E-state index contributed by atoms with van der Waals surface area (Å²) >= 11 is 6.15. The molecule has 5 heteroatoms. The minimum Gasteiger partial charge on any atom is -0.497 e. The maximum absolute atomic E-state index is 6.15. The predicted octanol–water partition coefficient (Wildman–Crippen LogP) is 2.62. The Morgan fingerprint density at radius 2 is 1.85 bits per heavy atom. The third kappa shape index (κ3) is 4.09. The second kappa shape index (κ2) is 7.84. The molecule has 3 unspecified atom stereocenters. The number of hydrogen-bond acceptors (Lipinski definition) is 4. The van der Waals surface area contributed by atoms with Gasteiger partial charge in [-0.25, -0.2) is 0 Å². The van der Waals surface area contributed by atoms with Gasteiger partial charge in [0.2, 0.25) is 0 Å². The zero-order chi connectivity index (χ0) is 14.4. The standard InChI is InChI=1S/C15H21ClO4/c1-17-7-8-19-15-13(16)9-14(15)20-10-11-3-5-12(18-2)6-4-11/h3-6,13-15H,7-10H2,1-2H3. The largest absolute Gasteiger partial charge is 0.497 e. The molecular weight excluding hydrogens is 280 g/mol. The average Bonchev–Trinajstić information content (AvgIpc) is 2.48. The van der Waals surface area contributed by atoms with Gasteiger partial charge in [0.15, 0.2) is 0 Å². The summed E-state index contributed by atoms with van der Waals surface area (Å²) in [5.41, 5.74) is 1.11. The van der Waals surface area contributed by atoms with E-state index in [9.17, 15) is 0 Å². The first-order valence-corrected chi connectivity index (χ1v) is 7.17. The van der Waals surface area contributed by atoms with E-state index in [4.69, 9.17) is 30.5 Å². The van der Waals surface area contributed by atoms with E-state index in [0.29, 0.717) is 19.8 Å². The van der Waals surface area contributed by atoms with Gasteiger partial charge < -0.3 is 18.9 Å². The lowest BCUT2D eigenvalue weighted by Gasteiger charge is -2.40. The molecule has 1 aromatic carbocycles. The molecule has 20 heavy (non-hydrogen) atoms. The van der Waals surface area contributed by atoms with E-state index in [0.717, 1.165) is 17.7 Å². The van der Waals surface area contributed by atoms with Crippen LogP contribution in [0.5, 0.6) is 5.75 Å². The van der Waals surface area contributed by atoms with Crippen LogP contribution in [0, 0.1) is 0 Å². The Bertz CT molecular complexity index is 395. The maximum atomic E-state index is 6.15. The molecule has 0 radical (unpaired) electrons. The van der Waals surface area contributed by atoms with Crippen LogP contribution in [0.3, 0.4) is 0 Å². The minimum absolute atomic E-state index is 0.0349. The average molecular weight is 301 g/mol. The highest BCUT2D eigenvalue weighted by Crippen LogP contribution is 2.32. The smallest absolute Gasteiger partial charge is 0.118 e. The van der Waals surface area contributed by atoms with Crippen LogP contribution < -0.4 is 4.74 Å². The van der Waals surface area contributed by atoms with Gasteiger partial charge in [0, 0.05) is 7.11 Å². The molecule has 1 aromatic rings. The Kier molecular flexibility index (Phi) is 6.10. The number of methoxy groups -OCH3 is 2. The highest BCUT2D eigenvalue weighted by molar-refractivity contribution is 6.21. The van der Waals surface area contributed by atoms with Crippen molar-refractivity contribution in [2.24, 2.45) is 0 Å². The fourth-order valence-electron chi connectivity index (χ4n) is 2.09. The molecule has 1 aliphatic rings. The van der Waals surface area contributed by atoms with Crippen molar-refractivity contribution in [1.82, 2.24) is 0 Å². The summed E-state index contributed by atoms with van der Waals surface area (Å²) in [6.45, 7) is 1.68. The summed E-state index contributed by atoms with van der Waals surface area (Å²) in [4.78, 5) is 0. The first kappa shape index (κ1) is 15.6. The zero-order valence-electron chi connectivity index (χ0n) is 11.9. The Balaban J connectivity index is 1.75. The lowest BCUT2D eigenvalue weighted by Crippen LogP contribution is -2.51. The highest BCUT2D eigenvalue weighted by atomic mass is 35.5. The Hall–Kier alpha value is -0.810. The topological polar surface area (TPSA) is 36.9 Å². The van der Waals surface area contributed by atoms with Crippen molar-refractivity contribution in [3.63, 3.8) is 0 Å². The van der Waals surface area contributed by atoms with Gasteiger partial charge in [0.25, 0.3) is 0 Å². The van der Waals surface area contributed by atoms with Crippen LogP contribution in [-0.2, 0) is 20.8 Å². The van der Waals surface area contributed by atoms with Gasteiger partial charge in [-0.05, 0) is 24.1 Å². The predicted molar refractivity (Wildman–Crippen MR) is 77.4 cm³/mol. The quantitative estimate of drug-likeness (QED) is 0.546. The van der Waals surface area contributed by atoms with Gasteiger partial charge in [-0.2, -0.15) is 0 Å². The normalized spacial score (nSPS) is 25.2. The number of alkyl halides is 1. The van der Waals surface area contributed by atoms with Gasteiger partial charge in [0.1, 0.15) is 11.9 Å². The molecule has 2 rings (SSSR count). The van der Waals surface area contributed by atoms with E-state index in [1.54, 1.807) is 14.2 Å². The number of benzene rings is 1. The Morgan fingerprint density at radius 3 is 2.45 bits per heavy atom. The highest BCUT2D eigenvalue weighted by Gasteiger charge is 2.41. The third-order valence-electron chi connectivity index (χ3n) is 3.40. The van der Waals surface area contributed by atoms with E-state index >= 15 is 0 Å². The summed E-state index contributed by atoms with van der Waals surface area (Å²) in [6, 6.07) is 7.85. The summed E-state index contributed by atoms with van der Waals surface area (Å²) in [5.74, 6) is 0.846. The van der Waals surface area contributed by atoms with Gasteiger partial charge in [-0.1, -0.05) is 12.1 Å². The van der Waals surface area contributed by atoms with E-state index in [1.807, 2.05) is 24.3 Å². The first-order chi connectivity index (χ1) is 9.74. The Labute approximate surface area is 124 Å². The van der Waals surface area contributed by atoms with Crippen LogP contribution in [0.2, 0.25) is 0 Å². The zero-order valence-corrected chi connectivity index (χ0v) is 12.6. The number of hydrogen-bond donors (Lipinski definition) is 0. The van der Waals surface area contributed by atoms with Crippen molar-refractivity contribution in [2.75, 3.05) is 27.4 Å². The lowest BCUT2D eigenvalue weighted by atomic mass is 9.91. The second-order valence-corrected chi connectivity index (χ2v) is 5.34. The molecule has 3 atom stereocenters. The van der Waals surface area contributed by atoms with Crippen LogP contribution in [0.25, 0.3) is 0 Å². The molecule has 112 valence electrons. The monoisotopic (exact) mass is 300 g/mol. The SMILES string of the molecule is COCCOC1C(Cl)CC1OCc1ccc(OC)cc1. The van der Waals surface area contributed by atoms with Crippen molar-refractivity contribution < 1.29 is 18.9 Å². The third-order valence-corrected chi connectivity index (χ3v) is 3.83. The summed E-state index contributed by atoms with van der Waals surface area (Å²) < 4.78 is 21.6. The first-order valence-electron chi connectivity index (χ1n) is 6.73. The minimum atomic E-state index is -0.0370. The molecule has 1 fully saturated rings. The molecule has 0 heterocycles. The molecule has 0 saturated heterocycles. The van der Waals surface area contributed by atoms with Crippen molar-refractivity contribution in [3.8, 4) is 5.75 Å². The molecule has 0 aromatic heterocycles. The second-order valence-electron chi connectivity index (χ2n) is 4.78. The van der Waals surface area contributed by atoms with Crippen LogP contribution in [0.1, 0.15) is 12.0 Å². The van der Waals surface area contributed by atoms with Crippen molar-refractivity contribution in [2.45, 2.75) is 30.6 Å². The molecule has 0 aliphatic heterocycles. The van der Waals surface area contributed by atoms with E-state index < -0.39 is 0 Å². The molecule has 0 spiro atoms. The molecule has 0 bridgehead atoms. The molecule has 1 saturated carbocycles. The maximum Gasteiger partial charge on any atom is 0.118 e. The number of rotatable bonds is 8.